The van der Waals surface area contributed by atoms with Crippen LogP contribution in [0.4, 0.5) is 0 Å². The maximum absolute atomic E-state index is 11.4. The Balaban J connectivity index is 2.01. The topological polar surface area (TPSA) is 46.5 Å². The van der Waals surface area contributed by atoms with Gasteiger partial charge in [-0.05, 0) is 17.2 Å². The molecular formula is C16H15BrO3. The third kappa shape index (κ3) is 3.92. The molecule has 0 aliphatic carbocycles. The Kier molecular flexibility index (Phi) is 5.32. The van der Waals surface area contributed by atoms with Crippen molar-refractivity contribution in [3.05, 3.63) is 70.2 Å². The first kappa shape index (κ1) is 14.8. The van der Waals surface area contributed by atoms with E-state index in [4.69, 9.17) is 4.74 Å². The molecule has 0 aliphatic rings. The molecule has 0 aromatic heterocycles. The zero-order valence-corrected chi connectivity index (χ0v) is 12.4. The number of hydrogen-bond donors (Lipinski definition) is 1. The zero-order chi connectivity index (χ0) is 14.4. The van der Waals surface area contributed by atoms with E-state index in [0.29, 0.717) is 6.61 Å². The summed E-state index contributed by atoms with van der Waals surface area (Å²) in [5.41, 5.74) is 1.76. The highest BCUT2D eigenvalue weighted by atomic mass is 79.9. The number of ether oxygens (including phenoxy) is 1. The number of aliphatic carboxylic acids is 1. The summed E-state index contributed by atoms with van der Waals surface area (Å²) in [6.07, 6.45) is 0. The van der Waals surface area contributed by atoms with Crippen LogP contribution in [0, 0.1) is 0 Å². The van der Waals surface area contributed by atoms with Gasteiger partial charge in [-0.3, -0.25) is 4.79 Å². The van der Waals surface area contributed by atoms with Crippen LogP contribution in [0.3, 0.4) is 0 Å². The van der Waals surface area contributed by atoms with Crippen LogP contribution in [0.25, 0.3) is 0 Å². The van der Waals surface area contributed by atoms with Crippen molar-refractivity contribution in [3.63, 3.8) is 0 Å². The smallest absolute Gasteiger partial charge is 0.313 e. The van der Waals surface area contributed by atoms with Crippen LogP contribution in [0.2, 0.25) is 0 Å². The van der Waals surface area contributed by atoms with Crippen LogP contribution < -0.4 is 0 Å². The lowest BCUT2D eigenvalue weighted by molar-refractivity contribution is -0.140. The third-order valence-electron chi connectivity index (χ3n) is 2.97. The number of carboxylic acid groups (broad SMARTS) is 1. The van der Waals surface area contributed by atoms with Crippen molar-refractivity contribution in [2.45, 2.75) is 12.5 Å². The van der Waals surface area contributed by atoms with Gasteiger partial charge >= 0.3 is 5.97 Å². The Hall–Kier alpha value is -1.65. The van der Waals surface area contributed by atoms with Gasteiger partial charge in [-0.25, -0.2) is 0 Å². The number of rotatable bonds is 6. The SMILES string of the molecule is O=C(O)C(COCc1ccccc1)c1ccccc1Br. The van der Waals surface area contributed by atoms with E-state index >= 15 is 0 Å². The summed E-state index contributed by atoms with van der Waals surface area (Å²) in [5, 5.41) is 9.35. The van der Waals surface area contributed by atoms with Crippen LogP contribution in [-0.4, -0.2) is 17.7 Å². The summed E-state index contributed by atoms with van der Waals surface area (Å²) >= 11 is 3.38. The van der Waals surface area contributed by atoms with Crippen LogP contribution in [0.5, 0.6) is 0 Å². The molecule has 0 fully saturated rings. The average molecular weight is 335 g/mol. The third-order valence-corrected chi connectivity index (χ3v) is 3.70. The van der Waals surface area contributed by atoms with E-state index in [1.165, 1.54) is 0 Å². The van der Waals surface area contributed by atoms with Crippen LogP contribution in [-0.2, 0) is 16.1 Å². The zero-order valence-electron chi connectivity index (χ0n) is 10.8. The molecule has 0 saturated carbocycles. The van der Waals surface area contributed by atoms with E-state index < -0.39 is 11.9 Å². The van der Waals surface area contributed by atoms with Crippen LogP contribution in [0.15, 0.2) is 59.1 Å². The average Bonchev–Trinajstić information content (AvgIpc) is 2.45. The maximum atomic E-state index is 11.4. The van der Waals surface area contributed by atoms with Crippen LogP contribution in [0.1, 0.15) is 17.0 Å². The summed E-state index contributed by atoms with van der Waals surface area (Å²) in [5.74, 6) is -1.56. The number of carboxylic acids is 1. The van der Waals surface area contributed by atoms with E-state index in [0.717, 1.165) is 15.6 Å². The van der Waals surface area contributed by atoms with Crippen molar-refractivity contribution in [3.8, 4) is 0 Å². The first-order chi connectivity index (χ1) is 9.68. The van der Waals surface area contributed by atoms with Gasteiger partial charge in [-0.15, -0.1) is 0 Å². The highest BCUT2D eigenvalue weighted by Gasteiger charge is 2.22. The predicted molar refractivity (Wildman–Crippen MR) is 80.6 cm³/mol. The second kappa shape index (κ2) is 7.22. The van der Waals surface area contributed by atoms with Crippen molar-refractivity contribution in [1.29, 1.82) is 0 Å². The fraction of sp³-hybridized carbons (Fsp3) is 0.188. The van der Waals surface area contributed by atoms with Crippen LogP contribution >= 0.6 is 15.9 Å². The molecule has 1 N–H and O–H groups in total. The molecule has 1 atom stereocenters. The van der Waals surface area contributed by atoms with Gasteiger partial charge in [-0.1, -0.05) is 64.5 Å². The minimum Gasteiger partial charge on any atom is -0.481 e. The maximum Gasteiger partial charge on any atom is 0.313 e. The van der Waals surface area contributed by atoms with Gasteiger partial charge in [0.1, 0.15) is 5.92 Å². The Labute approximate surface area is 126 Å². The molecule has 2 aromatic carbocycles. The fourth-order valence-electron chi connectivity index (χ4n) is 1.92. The molecule has 0 bridgehead atoms. The number of carbonyl (C=O) groups is 1. The van der Waals surface area contributed by atoms with Gasteiger partial charge in [0.15, 0.2) is 0 Å². The van der Waals surface area contributed by atoms with Gasteiger partial charge in [0.05, 0.1) is 13.2 Å². The van der Waals surface area contributed by atoms with Crippen molar-refractivity contribution >= 4 is 21.9 Å². The summed E-state index contributed by atoms with van der Waals surface area (Å²) in [6.45, 7) is 0.557. The standard InChI is InChI=1S/C16H15BrO3/c17-15-9-5-4-8-13(15)14(16(18)19)11-20-10-12-6-2-1-3-7-12/h1-9,14H,10-11H2,(H,18,19). The lowest BCUT2D eigenvalue weighted by Gasteiger charge is -2.14. The van der Waals surface area contributed by atoms with Crippen molar-refractivity contribution in [2.75, 3.05) is 6.61 Å². The van der Waals surface area contributed by atoms with E-state index in [-0.39, 0.29) is 6.61 Å². The van der Waals surface area contributed by atoms with Crippen molar-refractivity contribution in [2.24, 2.45) is 0 Å². The normalized spacial score (nSPS) is 12.1. The molecule has 20 heavy (non-hydrogen) atoms. The molecule has 0 amide bonds. The molecule has 0 heterocycles. The molecule has 0 spiro atoms. The molecular weight excluding hydrogens is 320 g/mol. The number of benzene rings is 2. The molecule has 2 aromatic rings. The molecule has 0 saturated heterocycles. The van der Waals surface area contributed by atoms with Gasteiger partial charge in [0.25, 0.3) is 0 Å². The first-order valence-electron chi connectivity index (χ1n) is 6.27. The molecule has 0 radical (unpaired) electrons. The lowest BCUT2D eigenvalue weighted by atomic mass is 10.0. The van der Waals surface area contributed by atoms with Crippen molar-refractivity contribution in [1.82, 2.24) is 0 Å². The minimum atomic E-state index is -0.884. The summed E-state index contributed by atoms with van der Waals surface area (Å²) in [4.78, 5) is 11.4. The van der Waals surface area contributed by atoms with E-state index in [2.05, 4.69) is 15.9 Å². The van der Waals surface area contributed by atoms with Gasteiger partial charge < -0.3 is 9.84 Å². The number of halogens is 1. The van der Waals surface area contributed by atoms with E-state index in [1.807, 2.05) is 48.5 Å². The van der Waals surface area contributed by atoms with Crippen molar-refractivity contribution < 1.29 is 14.6 Å². The first-order valence-corrected chi connectivity index (χ1v) is 7.06. The highest BCUT2D eigenvalue weighted by Crippen LogP contribution is 2.25. The molecule has 2 rings (SSSR count). The number of hydrogen-bond acceptors (Lipinski definition) is 2. The fourth-order valence-corrected chi connectivity index (χ4v) is 2.48. The Bertz CT molecular complexity index is 569. The largest absolute Gasteiger partial charge is 0.481 e. The van der Waals surface area contributed by atoms with Gasteiger partial charge in [-0.2, -0.15) is 0 Å². The molecule has 4 heteroatoms. The molecule has 1 unspecified atom stereocenters. The predicted octanol–water partition coefficient (Wildman–Crippen LogP) is 3.83. The minimum absolute atomic E-state index is 0.146. The summed E-state index contributed by atoms with van der Waals surface area (Å²) in [6, 6.07) is 17.0. The monoisotopic (exact) mass is 334 g/mol. The lowest BCUT2D eigenvalue weighted by Crippen LogP contribution is -2.18. The quantitative estimate of drug-likeness (QED) is 0.873. The highest BCUT2D eigenvalue weighted by molar-refractivity contribution is 9.10. The van der Waals surface area contributed by atoms with E-state index in [1.54, 1.807) is 6.07 Å². The second-order valence-corrected chi connectivity index (χ2v) is 5.27. The molecule has 104 valence electrons. The summed E-state index contributed by atoms with van der Waals surface area (Å²) in [7, 11) is 0. The molecule has 0 aliphatic heterocycles. The molecule has 3 nitrogen and oxygen atoms in total. The second-order valence-electron chi connectivity index (χ2n) is 4.41. The van der Waals surface area contributed by atoms with Gasteiger partial charge in [0, 0.05) is 4.47 Å². The van der Waals surface area contributed by atoms with E-state index in [9.17, 15) is 9.90 Å². The summed E-state index contributed by atoms with van der Waals surface area (Å²) < 4.78 is 6.34. The Morgan fingerprint density at radius 3 is 2.40 bits per heavy atom. The van der Waals surface area contributed by atoms with Gasteiger partial charge in [0.2, 0.25) is 0 Å². The Morgan fingerprint density at radius 1 is 1.10 bits per heavy atom. The Morgan fingerprint density at radius 2 is 1.75 bits per heavy atom.